The van der Waals surface area contributed by atoms with Gasteiger partial charge in [0.1, 0.15) is 11.4 Å². The summed E-state index contributed by atoms with van der Waals surface area (Å²) in [4.78, 5) is 26.9. The van der Waals surface area contributed by atoms with Crippen molar-refractivity contribution in [2.24, 2.45) is 0 Å². The third-order valence-corrected chi connectivity index (χ3v) is 4.69. The van der Waals surface area contributed by atoms with Gasteiger partial charge in [0, 0.05) is 43.2 Å². The fourth-order valence-corrected chi connectivity index (χ4v) is 3.33. The topological polar surface area (TPSA) is 87.3 Å². The van der Waals surface area contributed by atoms with Gasteiger partial charge in [-0.3, -0.25) is 9.89 Å². The lowest BCUT2D eigenvalue weighted by molar-refractivity contribution is -0.132. The molecule has 0 bridgehead atoms. The molecular weight excluding hydrogens is 375 g/mol. The third-order valence-electron chi connectivity index (χ3n) is 4.69. The highest BCUT2D eigenvalue weighted by molar-refractivity contribution is 5.78. The maximum Gasteiger partial charge on any atom is 0.407 e. The molecule has 2 N–H and O–H groups in total. The summed E-state index contributed by atoms with van der Waals surface area (Å²) < 4.78 is 18.6. The number of benzene rings is 1. The fourth-order valence-electron chi connectivity index (χ4n) is 3.33. The molecule has 1 aliphatic heterocycles. The number of ether oxygens (including phenoxy) is 1. The Morgan fingerprint density at radius 3 is 2.72 bits per heavy atom. The molecule has 0 radical (unpaired) electrons. The molecular formula is C21H27FN4O3. The maximum atomic E-state index is 13.2. The number of H-pyrrole nitrogens is 1. The van der Waals surface area contributed by atoms with Crippen LogP contribution in [0.25, 0.3) is 0 Å². The molecule has 0 spiro atoms. The van der Waals surface area contributed by atoms with E-state index in [1.165, 1.54) is 12.1 Å². The van der Waals surface area contributed by atoms with Crippen LogP contribution in [0.2, 0.25) is 0 Å². The normalized spacial score (nSPS) is 14.8. The summed E-state index contributed by atoms with van der Waals surface area (Å²) in [6.45, 7) is 6.44. The number of nitrogens with one attached hydrogen (secondary N) is 2. The average Bonchev–Trinajstić information content (AvgIpc) is 3.09. The van der Waals surface area contributed by atoms with Gasteiger partial charge in [0.15, 0.2) is 0 Å². The van der Waals surface area contributed by atoms with E-state index in [4.69, 9.17) is 4.74 Å². The Labute approximate surface area is 169 Å². The second-order valence-corrected chi connectivity index (χ2v) is 8.32. The Balaban J connectivity index is 1.67. The zero-order chi connectivity index (χ0) is 21.0. The number of aromatic amines is 1. The molecule has 1 aromatic carbocycles. The number of alkyl carbamates (subject to hydrolysis) is 1. The number of amides is 2. The van der Waals surface area contributed by atoms with E-state index in [0.29, 0.717) is 19.5 Å². The van der Waals surface area contributed by atoms with Crippen molar-refractivity contribution in [1.82, 2.24) is 20.4 Å². The highest BCUT2D eigenvalue weighted by Crippen LogP contribution is 2.18. The van der Waals surface area contributed by atoms with E-state index in [0.717, 1.165) is 23.2 Å². The van der Waals surface area contributed by atoms with Crippen LogP contribution in [-0.2, 0) is 28.9 Å². The van der Waals surface area contributed by atoms with Crippen molar-refractivity contribution in [1.29, 1.82) is 0 Å². The number of hydrogen-bond donors (Lipinski definition) is 2. The van der Waals surface area contributed by atoms with Crippen LogP contribution in [0.15, 0.2) is 30.5 Å². The molecule has 0 aliphatic carbocycles. The third kappa shape index (κ3) is 6.04. The molecule has 3 rings (SSSR count). The zero-order valence-corrected chi connectivity index (χ0v) is 17.0. The second kappa shape index (κ2) is 8.63. The van der Waals surface area contributed by atoms with E-state index < -0.39 is 17.7 Å². The largest absolute Gasteiger partial charge is 0.444 e. The minimum atomic E-state index is -0.640. The number of halogens is 1. The van der Waals surface area contributed by atoms with Crippen LogP contribution in [0.3, 0.4) is 0 Å². The summed E-state index contributed by atoms with van der Waals surface area (Å²) in [5, 5.41) is 9.78. The van der Waals surface area contributed by atoms with Crippen LogP contribution >= 0.6 is 0 Å². The van der Waals surface area contributed by atoms with Gasteiger partial charge in [-0.25, -0.2) is 9.18 Å². The molecule has 29 heavy (non-hydrogen) atoms. The number of fused-ring (bicyclic) bond motifs is 1. The Morgan fingerprint density at radius 1 is 1.31 bits per heavy atom. The van der Waals surface area contributed by atoms with Gasteiger partial charge in [0.2, 0.25) is 5.91 Å². The van der Waals surface area contributed by atoms with Gasteiger partial charge in [0.25, 0.3) is 0 Å². The Morgan fingerprint density at radius 2 is 2.03 bits per heavy atom. The quantitative estimate of drug-likeness (QED) is 0.805. The maximum absolute atomic E-state index is 13.2. The standard InChI is InChI=1S/C21H27FN4O3/c1-21(2,3)29-20(28)24-17(10-14-4-6-16(22)7-5-14)11-19(27)26-9-8-18-15(13-26)12-23-25-18/h4-7,12,17H,8-11,13H2,1-3H3,(H,23,25)(H,24,28)/t17-/m1/s1. The van der Waals surface area contributed by atoms with Crippen molar-refractivity contribution in [3.8, 4) is 0 Å². The molecule has 2 amide bonds. The number of carbonyl (C=O) groups excluding carboxylic acids is 2. The predicted octanol–water partition coefficient (Wildman–Crippen LogP) is 2.96. The highest BCUT2D eigenvalue weighted by atomic mass is 19.1. The summed E-state index contributed by atoms with van der Waals surface area (Å²) in [5.74, 6) is -0.384. The zero-order valence-electron chi connectivity index (χ0n) is 17.0. The van der Waals surface area contributed by atoms with Gasteiger partial charge in [-0.1, -0.05) is 12.1 Å². The number of hydrogen-bond acceptors (Lipinski definition) is 4. The second-order valence-electron chi connectivity index (χ2n) is 8.32. The first kappa shape index (κ1) is 20.8. The molecule has 2 heterocycles. The molecule has 0 fully saturated rings. The summed E-state index contributed by atoms with van der Waals surface area (Å²) >= 11 is 0. The molecule has 156 valence electrons. The van der Waals surface area contributed by atoms with Gasteiger partial charge in [0.05, 0.1) is 6.20 Å². The van der Waals surface area contributed by atoms with Crippen LogP contribution in [-0.4, -0.2) is 45.3 Å². The number of carbonyl (C=O) groups is 2. The van der Waals surface area contributed by atoms with Crippen LogP contribution in [0.1, 0.15) is 44.0 Å². The summed E-state index contributed by atoms with van der Waals surface area (Å²) in [5.41, 5.74) is 2.26. The van der Waals surface area contributed by atoms with Crippen molar-refractivity contribution in [3.05, 3.63) is 53.1 Å². The van der Waals surface area contributed by atoms with Crippen molar-refractivity contribution in [2.45, 2.75) is 58.2 Å². The highest BCUT2D eigenvalue weighted by Gasteiger charge is 2.26. The molecule has 8 heteroatoms. The lowest BCUT2D eigenvalue weighted by atomic mass is 10.0. The summed E-state index contributed by atoms with van der Waals surface area (Å²) in [6.07, 6.45) is 2.42. The van der Waals surface area contributed by atoms with Crippen LogP contribution < -0.4 is 5.32 Å². The van der Waals surface area contributed by atoms with Gasteiger partial charge in [-0.05, 0) is 44.9 Å². The molecule has 0 saturated heterocycles. The summed E-state index contributed by atoms with van der Waals surface area (Å²) in [6, 6.07) is 5.58. The molecule has 1 aromatic heterocycles. The van der Waals surface area contributed by atoms with Gasteiger partial charge < -0.3 is 15.0 Å². The van der Waals surface area contributed by atoms with Crippen molar-refractivity contribution in [2.75, 3.05) is 6.54 Å². The fraction of sp³-hybridized carbons (Fsp3) is 0.476. The first-order valence-corrected chi connectivity index (χ1v) is 9.72. The van der Waals surface area contributed by atoms with E-state index in [1.54, 1.807) is 44.0 Å². The van der Waals surface area contributed by atoms with Crippen LogP contribution in [0, 0.1) is 5.82 Å². The Kier molecular flexibility index (Phi) is 6.20. The lowest BCUT2D eigenvalue weighted by Crippen LogP contribution is -2.44. The average molecular weight is 402 g/mol. The Bertz CT molecular complexity index is 858. The van der Waals surface area contributed by atoms with E-state index in [-0.39, 0.29) is 18.1 Å². The minimum absolute atomic E-state index is 0.0555. The van der Waals surface area contributed by atoms with E-state index in [1.807, 2.05) is 0 Å². The lowest BCUT2D eigenvalue weighted by Gasteiger charge is -2.29. The SMILES string of the molecule is CC(C)(C)OC(=O)N[C@@H](CC(=O)N1CCc2[nH]ncc2C1)Cc1ccc(F)cc1. The first-order valence-electron chi connectivity index (χ1n) is 9.72. The summed E-state index contributed by atoms with van der Waals surface area (Å²) in [7, 11) is 0. The van der Waals surface area contributed by atoms with E-state index in [9.17, 15) is 14.0 Å². The number of aromatic nitrogens is 2. The number of rotatable bonds is 5. The minimum Gasteiger partial charge on any atom is -0.444 e. The van der Waals surface area contributed by atoms with Gasteiger partial charge in [-0.2, -0.15) is 5.10 Å². The molecule has 1 aliphatic rings. The molecule has 0 unspecified atom stereocenters. The van der Waals surface area contributed by atoms with Crippen molar-refractivity contribution < 1.29 is 18.7 Å². The van der Waals surface area contributed by atoms with Crippen molar-refractivity contribution >= 4 is 12.0 Å². The number of nitrogens with zero attached hydrogens (tertiary/aromatic N) is 2. The van der Waals surface area contributed by atoms with Gasteiger partial charge in [-0.15, -0.1) is 0 Å². The molecule has 1 atom stereocenters. The van der Waals surface area contributed by atoms with Crippen LogP contribution in [0.4, 0.5) is 9.18 Å². The van der Waals surface area contributed by atoms with Crippen LogP contribution in [0.5, 0.6) is 0 Å². The van der Waals surface area contributed by atoms with Crippen molar-refractivity contribution in [3.63, 3.8) is 0 Å². The monoisotopic (exact) mass is 402 g/mol. The first-order chi connectivity index (χ1) is 13.7. The predicted molar refractivity (Wildman–Crippen MR) is 106 cm³/mol. The van der Waals surface area contributed by atoms with Gasteiger partial charge >= 0.3 is 6.09 Å². The molecule has 7 nitrogen and oxygen atoms in total. The Hall–Kier alpha value is -2.90. The smallest absolute Gasteiger partial charge is 0.407 e. The molecule has 2 aromatic rings. The van der Waals surface area contributed by atoms with E-state index >= 15 is 0 Å². The molecule has 0 saturated carbocycles. The van der Waals surface area contributed by atoms with E-state index in [2.05, 4.69) is 15.5 Å².